The van der Waals surface area contributed by atoms with Crippen molar-refractivity contribution in [1.82, 2.24) is 10.6 Å². The lowest BCUT2D eigenvalue weighted by Gasteiger charge is -2.11. The highest BCUT2D eigenvalue weighted by atomic mass is 15.2. The van der Waals surface area contributed by atoms with E-state index in [0.717, 1.165) is 11.9 Å². The van der Waals surface area contributed by atoms with Gasteiger partial charge in [-0.1, -0.05) is 24.3 Å². The van der Waals surface area contributed by atoms with Gasteiger partial charge >= 0.3 is 0 Å². The maximum Gasteiger partial charge on any atom is 0.190 e. The predicted octanol–water partition coefficient (Wildman–Crippen LogP) is 1.12. The first-order valence-electron chi connectivity index (χ1n) is 5.84. The van der Waals surface area contributed by atoms with Gasteiger partial charge < -0.3 is 10.6 Å². The highest BCUT2D eigenvalue weighted by Gasteiger charge is 2.55. The Morgan fingerprint density at radius 2 is 2.19 bits per heavy atom. The summed E-state index contributed by atoms with van der Waals surface area (Å²) < 4.78 is 0. The Hall–Kier alpha value is -1.51. The fourth-order valence-corrected chi connectivity index (χ4v) is 2.95. The quantitative estimate of drug-likeness (QED) is 0.544. The summed E-state index contributed by atoms with van der Waals surface area (Å²) in [6, 6.07) is 9.39. The van der Waals surface area contributed by atoms with Crippen molar-refractivity contribution < 1.29 is 0 Å². The molecule has 0 amide bonds. The largest absolute Gasteiger partial charge is 0.359 e. The average Bonchev–Trinajstić information content (AvgIpc) is 2.84. The summed E-state index contributed by atoms with van der Waals surface area (Å²) in [7, 11) is 3.71. The number of hydrogen-bond acceptors (Lipinski definition) is 1. The zero-order valence-corrected chi connectivity index (χ0v) is 9.70. The number of nitrogens with one attached hydrogen (secondary N) is 2. The Morgan fingerprint density at radius 3 is 2.94 bits per heavy atom. The van der Waals surface area contributed by atoms with E-state index in [1.54, 1.807) is 0 Å². The molecule has 1 saturated carbocycles. The Kier molecular flexibility index (Phi) is 2.13. The normalized spacial score (nSPS) is 30.6. The lowest BCUT2D eigenvalue weighted by molar-refractivity contribution is 0.733. The van der Waals surface area contributed by atoms with Crippen molar-refractivity contribution in [3.8, 4) is 0 Å². The highest BCUT2D eigenvalue weighted by Crippen LogP contribution is 2.56. The maximum atomic E-state index is 4.16. The smallest absolute Gasteiger partial charge is 0.190 e. The molecule has 0 aliphatic heterocycles. The monoisotopic (exact) mass is 215 g/mol. The van der Waals surface area contributed by atoms with Gasteiger partial charge in [0.1, 0.15) is 0 Å². The van der Waals surface area contributed by atoms with E-state index in [4.69, 9.17) is 0 Å². The number of aliphatic imine (C=N–C) groups is 1. The molecule has 2 N–H and O–H groups in total. The van der Waals surface area contributed by atoms with Gasteiger partial charge in [0.2, 0.25) is 0 Å². The molecular formula is C13H17N3. The van der Waals surface area contributed by atoms with E-state index in [9.17, 15) is 0 Å². The standard InChI is InChI=1S/C13H17N3/c1-14-13(15-2)16-12-10-7-8-5-3-4-6-9(8)11(10)12/h3-6,10-12H,7H2,1-2H3,(H2,14,15,16). The molecule has 0 bridgehead atoms. The fraction of sp³-hybridized carbons (Fsp3) is 0.462. The second kappa shape index (κ2) is 3.51. The van der Waals surface area contributed by atoms with Crippen molar-refractivity contribution in [3.63, 3.8) is 0 Å². The fourth-order valence-electron chi connectivity index (χ4n) is 2.95. The van der Waals surface area contributed by atoms with E-state index in [1.165, 1.54) is 17.5 Å². The minimum Gasteiger partial charge on any atom is -0.359 e. The Balaban J connectivity index is 1.74. The van der Waals surface area contributed by atoms with Gasteiger partial charge in [-0.3, -0.25) is 4.99 Å². The zero-order valence-electron chi connectivity index (χ0n) is 9.70. The van der Waals surface area contributed by atoms with E-state index in [1.807, 2.05) is 14.1 Å². The van der Waals surface area contributed by atoms with E-state index in [2.05, 4.69) is 39.9 Å². The topological polar surface area (TPSA) is 36.4 Å². The Morgan fingerprint density at radius 1 is 1.38 bits per heavy atom. The van der Waals surface area contributed by atoms with E-state index < -0.39 is 0 Å². The molecule has 2 aliphatic rings. The highest BCUT2D eigenvalue weighted by molar-refractivity contribution is 5.80. The SMILES string of the molecule is CN=C(NC)NC1C2Cc3ccccc3C21. The van der Waals surface area contributed by atoms with Crippen LogP contribution in [0.1, 0.15) is 17.0 Å². The molecule has 0 heterocycles. The number of fused-ring (bicyclic) bond motifs is 3. The molecule has 3 heteroatoms. The molecule has 0 saturated heterocycles. The second-order valence-corrected chi connectivity index (χ2v) is 4.58. The molecule has 84 valence electrons. The second-order valence-electron chi connectivity index (χ2n) is 4.58. The molecule has 16 heavy (non-hydrogen) atoms. The van der Waals surface area contributed by atoms with Gasteiger partial charge in [-0.15, -0.1) is 0 Å². The zero-order chi connectivity index (χ0) is 11.1. The first-order valence-corrected chi connectivity index (χ1v) is 5.84. The number of nitrogens with zero attached hydrogens (tertiary/aromatic N) is 1. The lowest BCUT2D eigenvalue weighted by Crippen LogP contribution is -2.37. The molecule has 3 unspecified atom stereocenters. The van der Waals surface area contributed by atoms with Crippen molar-refractivity contribution in [3.05, 3.63) is 35.4 Å². The molecule has 0 radical (unpaired) electrons. The van der Waals surface area contributed by atoms with E-state index >= 15 is 0 Å². The van der Waals surface area contributed by atoms with Crippen molar-refractivity contribution in [2.45, 2.75) is 18.4 Å². The van der Waals surface area contributed by atoms with Crippen LogP contribution in [0.5, 0.6) is 0 Å². The van der Waals surface area contributed by atoms with Gasteiger partial charge in [0, 0.05) is 26.1 Å². The number of benzene rings is 1. The molecule has 1 aromatic rings. The molecule has 0 aromatic heterocycles. The molecular weight excluding hydrogens is 198 g/mol. The van der Waals surface area contributed by atoms with Crippen LogP contribution in [0.2, 0.25) is 0 Å². The first kappa shape index (κ1) is 9.70. The third-order valence-corrected chi connectivity index (χ3v) is 3.80. The molecule has 1 fully saturated rings. The molecule has 1 aromatic carbocycles. The number of rotatable bonds is 1. The van der Waals surface area contributed by atoms with Crippen LogP contribution in [-0.2, 0) is 6.42 Å². The van der Waals surface area contributed by atoms with Gasteiger partial charge in [-0.05, 0) is 23.5 Å². The summed E-state index contributed by atoms with van der Waals surface area (Å²) in [5.41, 5.74) is 3.08. The maximum absolute atomic E-state index is 4.16. The van der Waals surface area contributed by atoms with E-state index in [-0.39, 0.29) is 0 Å². The van der Waals surface area contributed by atoms with Gasteiger partial charge in [0.25, 0.3) is 0 Å². The van der Waals surface area contributed by atoms with Crippen LogP contribution in [0.15, 0.2) is 29.3 Å². The molecule has 0 spiro atoms. The van der Waals surface area contributed by atoms with Crippen molar-refractivity contribution in [2.75, 3.05) is 14.1 Å². The van der Waals surface area contributed by atoms with Crippen molar-refractivity contribution in [1.29, 1.82) is 0 Å². The summed E-state index contributed by atoms with van der Waals surface area (Å²) in [6.45, 7) is 0. The molecule has 3 rings (SSSR count). The van der Waals surface area contributed by atoms with Gasteiger partial charge in [-0.25, -0.2) is 0 Å². The van der Waals surface area contributed by atoms with Crippen LogP contribution in [0.3, 0.4) is 0 Å². The number of guanidine groups is 1. The lowest BCUT2D eigenvalue weighted by atomic mass is 10.1. The third-order valence-electron chi connectivity index (χ3n) is 3.80. The summed E-state index contributed by atoms with van der Waals surface area (Å²) in [6.07, 6.45) is 1.22. The Bertz CT molecular complexity index is 439. The third kappa shape index (κ3) is 1.31. The minimum atomic E-state index is 0.584. The summed E-state index contributed by atoms with van der Waals surface area (Å²) in [5, 5.41) is 6.55. The van der Waals surface area contributed by atoms with Crippen LogP contribution in [0.25, 0.3) is 0 Å². The summed E-state index contributed by atoms with van der Waals surface area (Å²) >= 11 is 0. The van der Waals surface area contributed by atoms with E-state index in [0.29, 0.717) is 12.0 Å². The summed E-state index contributed by atoms with van der Waals surface area (Å²) in [5.74, 6) is 2.39. The van der Waals surface area contributed by atoms with Crippen LogP contribution in [-0.4, -0.2) is 26.1 Å². The minimum absolute atomic E-state index is 0.584. The molecule has 3 nitrogen and oxygen atoms in total. The van der Waals surface area contributed by atoms with Crippen molar-refractivity contribution >= 4 is 5.96 Å². The van der Waals surface area contributed by atoms with Crippen LogP contribution >= 0.6 is 0 Å². The molecule has 2 aliphatic carbocycles. The predicted molar refractivity (Wildman–Crippen MR) is 65.7 cm³/mol. The van der Waals surface area contributed by atoms with Crippen LogP contribution < -0.4 is 10.6 Å². The number of hydrogen-bond donors (Lipinski definition) is 2. The van der Waals surface area contributed by atoms with Crippen molar-refractivity contribution in [2.24, 2.45) is 10.9 Å². The van der Waals surface area contributed by atoms with Gasteiger partial charge in [-0.2, -0.15) is 0 Å². The average molecular weight is 215 g/mol. The van der Waals surface area contributed by atoms with Crippen LogP contribution in [0.4, 0.5) is 0 Å². The summed E-state index contributed by atoms with van der Waals surface area (Å²) in [4.78, 5) is 4.16. The van der Waals surface area contributed by atoms with Gasteiger partial charge in [0.15, 0.2) is 5.96 Å². The molecule has 3 atom stereocenters. The van der Waals surface area contributed by atoms with Gasteiger partial charge in [0.05, 0.1) is 0 Å². The van der Waals surface area contributed by atoms with Crippen LogP contribution in [0, 0.1) is 5.92 Å². The first-order chi connectivity index (χ1) is 7.85. The Labute approximate surface area is 96.0 Å².